The van der Waals surface area contributed by atoms with Gasteiger partial charge < -0.3 is 15.0 Å². The molecule has 186 valence electrons. The Morgan fingerprint density at radius 1 is 0.909 bits per heavy atom. The van der Waals surface area contributed by atoms with Crippen molar-refractivity contribution in [1.82, 2.24) is 10.2 Å². The Morgan fingerprint density at radius 3 is 2.21 bits per heavy atom. The third-order valence-corrected chi connectivity index (χ3v) is 11.3. The third kappa shape index (κ3) is 5.58. The predicted octanol–water partition coefficient (Wildman–Crippen LogP) is 2.83. The summed E-state index contributed by atoms with van der Waals surface area (Å²) in [5, 5.41) is 3.02. The zero-order valence-corrected chi connectivity index (χ0v) is 20.6. The van der Waals surface area contributed by atoms with E-state index in [9.17, 15) is 18.0 Å². The van der Waals surface area contributed by atoms with Crippen LogP contribution in [0.2, 0.25) is 0 Å². The van der Waals surface area contributed by atoms with E-state index in [0.717, 1.165) is 70.8 Å². The molecule has 2 amide bonds. The highest BCUT2D eigenvalue weighted by Crippen LogP contribution is 2.45. The van der Waals surface area contributed by atoms with E-state index >= 15 is 0 Å². The average molecular weight is 481 g/mol. The maximum atomic E-state index is 13.1. The molecule has 1 heterocycles. The summed E-state index contributed by atoms with van der Waals surface area (Å²) in [5.74, 6) is 1.56. The molecule has 8 heteroatoms. The first-order valence-electron chi connectivity index (χ1n) is 13.2. The van der Waals surface area contributed by atoms with Crippen LogP contribution in [0.5, 0.6) is 0 Å². The van der Waals surface area contributed by atoms with Gasteiger partial charge in [-0.15, -0.1) is 0 Å². The number of amides is 2. The first kappa shape index (κ1) is 23.6. The van der Waals surface area contributed by atoms with Crippen molar-refractivity contribution in [3.8, 4) is 0 Å². The summed E-state index contributed by atoms with van der Waals surface area (Å²) >= 11 is 0. The van der Waals surface area contributed by atoms with Gasteiger partial charge in [-0.25, -0.2) is 8.42 Å². The number of morpholine rings is 1. The largest absolute Gasteiger partial charge is 0.377 e. The number of rotatable bonds is 7. The lowest BCUT2D eigenvalue weighted by atomic mass is 9.84. The van der Waals surface area contributed by atoms with Gasteiger partial charge in [-0.3, -0.25) is 9.59 Å². The summed E-state index contributed by atoms with van der Waals surface area (Å²) in [6.45, 7) is 2.06. The molecule has 0 atom stereocenters. The van der Waals surface area contributed by atoms with Crippen LogP contribution in [0.15, 0.2) is 0 Å². The minimum atomic E-state index is -2.96. The summed E-state index contributed by atoms with van der Waals surface area (Å²) in [6, 6.07) is 0.163. The molecule has 1 saturated heterocycles. The predicted molar refractivity (Wildman–Crippen MR) is 125 cm³/mol. The van der Waals surface area contributed by atoms with Gasteiger partial charge in [-0.2, -0.15) is 0 Å². The van der Waals surface area contributed by atoms with Gasteiger partial charge >= 0.3 is 0 Å². The van der Waals surface area contributed by atoms with Crippen LogP contribution in [0, 0.1) is 17.8 Å². The lowest BCUT2D eigenvalue weighted by Gasteiger charge is -2.40. The average Bonchev–Trinajstić information content (AvgIpc) is 3.73. The highest BCUT2D eigenvalue weighted by molar-refractivity contribution is 7.92. The first-order chi connectivity index (χ1) is 15.8. The molecule has 5 fully saturated rings. The molecule has 33 heavy (non-hydrogen) atoms. The summed E-state index contributed by atoms with van der Waals surface area (Å²) in [7, 11) is -2.96. The molecule has 1 spiro atoms. The SMILES string of the molecule is O=C(CC1CCC(S(=O)(=O)CC2CC2)CC1)NC1CCC(C(=O)N2CCOCC23CC3)CC1. The van der Waals surface area contributed by atoms with Gasteiger partial charge in [0.05, 0.1) is 29.8 Å². The van der Waals surface area contributed by atoms with Gasteiger partial charge in [0.25, 0.3) is 0 Å². The number of carbonyl (C=O) groups is 2. The zero-order valence-electron chi connectivity index (χ0n) is 19.8. The van der Waals surface area contributed by atoms with Crippen molar-refractivity contribution in [3.05, 3.63) is 0 Å². The highest BCUT2D eigenvalue weighted by Gasteiger charge is 2.53. The molecule has 1 aliphatic heterocycles. The van der Waals surface area contributed by atoms with Crippen LogP contribution >= 0.6 is 0 Å². The fraction of sp³-hybridized carbons (Fsp3) is 0.920. The lowest BCUT2D eigenvalue weighted by Crippen LogP contribution is -2.53. The topological polar surface area (TPSA) is 92.8 Å². The highest BCUT2D eigenvalue weighted by atomic mass is 32.2. The van der Waals surface area contributed by atoms with Gasteiger partial charge in [0.1, 0.15) is 0 Å². The molecule has 4 aliphatic carbocycles. The Bertz CT molecular complexity index is 835. The van der Waals surface area contributed by atoms with Crippen molar-refractivity contribution in [2.24, 2.45) is 17.8 Å². The Kier molecular flexibility index (Phi) is 6.77. The van der Waals surface area contributed by atoms with E-state index in [0.29, 0.717) is 56.0 Å². The number of hydrogen-bond acceptors (Lipinski definition) is 5. The molecule has 7 nitrogen and oxygen atoms in total. The molecule has 5 rings (SSSR count). The quantitative estimate of drug-likeness (QED) is 0.605. The Balaban J connectivity index is 1.01. The van der Waals surface area contributed by atoms with Crippen molar-refractivity contribution < 1.29 is 22.7 Å². The number of nitrogens with zero attached hydrogens (tertiary/aromatic N) is 1. The maximum absolute atomic E-state index is 13.1. The van der Waals surface area contributed by atoms with Crippen molar-refractivity contribution in [2.45, 2.75) is 100 Å². The normalized spacial score (nSPS) is 34.1. The van der Waals surface area contributed by atoms with E-state index in [-0.39, 0.29) is 28.7 Å². The first-order valence-corrected chi connectivity index (χ1v) is 15.0. The van der Waals surface area contributed by atoms with Crippen molar-refractivity contribution in [2.75, 3.05) is 25.5 Å². The van der Waals surface area contributed by atoms with E-state index in [4.69, 9.17) is 4.74 Å². The molecule has 0 aromatic carbocycles. The number of ether oxygens (including phenoxy) is 1. The van der Waals surface area contributed by atoms with Gasteiger partial charge in [0.2, 0.25) is 11.8 Å². The summed E-state index contributed by atoms with van der Waals surface area (Å²) in [6.07, 6.45) is 11.3. The molecule has 4 saturated carbocycles. The standard InChI is InChI=1S/C25H40N2O5S/c28-23(15-18-3-9-22(10-4-18)33(30,31)16-19-1-2-19)26-21-7-5-20(6-8-21)24(29)27-13-14-32-17-25(27)11-12-25/h18-22H,1-17H2,(H,26,28). The number of nitrogens with one attached hydrogen (secondary N) is 1. The molecule has 0 aromatic heterocycles. The second-order valence-electron chi connectivity index (χ2n) is 11.5. The number of hydrogen-bond donors (Lipinski definition) is 1. The van der Waals surface area contributed by atoms with Crippen LogP contribution in [-0.2, 0) is 24.2 Å². The second-order valence-corrected chi connectivity index (χ2v) is 13.8. The monoisotopic (exact) mass is 480 g/mol. The van der Waals surface area contributed by atoms with Crippen LogP contribution in [-0.4, -0.2) is 67.5 Å². The summed E-state index contributed by atoms with van der Waals surface area (Å²) < 4.78 is 30.7. The van der Waals surface area contributed by atoms with Crippen LogP contribution < -0.4 is 5.32 Å². The number of sulfone groups is 1. The number of carbonyl (C=O) groups excluding carboxylic acids is 2. The minimum Gasteiger partial charge on any atom is -0.377 e. The molecule has 0 radical (unpaired) electrons. The zero-order chi connectivity index (χ0) is 23.1. The molecule has 5 aliphatic rings. The molecule has 0 aromatic rings. The molecular weight excluding hydrogens is 440 g/mol. The van der Waals surface area contributed by atoms with E-state index in [1.807, 2.05) is 0 Å². The molecular formula is C25H40N2O5S. The summed E-state index contributed by atoms with van der Waals surface area (Å²) in [5.41, 5.74) is -0.00334. The van der Waals surface area contributed by atoms with Crippen LogP contribution in [0.1, 0.15) is 83.5 Å². The summed E-state index contributed by atoms with van der Waals surface area (Å²) in [4.78, 5) is 27.8. The lowest BCUT2D eigenvalue weighted by molar-refractivity contribution is -0.147. The van der Waals surface area contributed by atoms with Gasteiger partial charge in [0.15, 0.2) is 9.84 Å². The minimum absolute atomic E-state index is 0.00334. The van der Waals surface area contributed by atoms with E-state index in [1.165, 1.54) is 0 Å². The van der Waals surface area contributed by atoms with Gasteiger partial charge in [-0.1, -0.05) is 0 Å². The molecule has 1 N–H and O–H groups in total. The van der Waals surface area contributed by atoms with E-state index < -0.39 is 9.84 Å². The van der Waals surface area contributed by atoms with Crippen LogP contribution in [0.3, 0.4) is 0 Å². The van der Waals surface area contributed by atoms with Crippen LogP contribution in [0.4, 0.5) is 0 Å². The van der Waals surface area contributed by atoms with Crippen LogP contribution in [0.25, 0.3) is 0 Å². The molecule has 0 unspecified atom stereocenters. The van der Waals surface area contributed by atoms with E-state index in [2.05, 4.69) is 10.2 Å². The van der Waals surface area contributed by atoms with Crippen molar-refractivity contribution in [3.63, 3.8) is 0 Å². The van der Waals surface area contributed by atoms with Crippen molar-refractivity contribution in [1.29, 1.82) is 0 Å². The Labute approximate surface area is 198 Å². The second kappa shape index (κ2) is 9.48. The fourth-order valence-electron chi connectivity index (χ4n) is 6.33. The van der Waals surface area contributed by atoms with Gasteiger partial charge in [0, 0.05) is 24.9 Å². The van der Waals surface area contributed by atoms with Crippen molar-refractivity contribution >= 4 is 21.7 Å². The van der Waals surface area contributed by atoms with E-state index in [1.54, 1.807) is 0 Å². The Morgan fingerprint density at radius 2 is 1.58 bits per heavy atom. The third-order valence-electron chi connectivity index (χ3n) is 8.88. The fourth-order valence-corrected chi connectivity index (χ4v) is 8.59. The maximum Gasteiger partial charge on any atom is 0.226 e. The molecule has 0 bridgehead atoms. The Hall–Kier alpha value is -1.15. The van der Waals surface area contributed by atoms with Gasteiger partial charge in [-0.05, 0) is 88.9 Å². The smallest absolute Gasteiger partial charge is 0.226 e.